The minimum absolute atomic E-state index is 0.162. The zero-order valence-electron chi connectivity index (χ0n) is 19.4. The number of hydrogen-bond donors (Lipinski definition) is 2. The number of ether oxygens (including phenoxy) is 2. The SMILES string of the molecule is C=CCOc1cc(/C=N/N2CCCCC2C(=O)Nc2ccc(NS(C)(=O)=O)cc2)ccc1OC. The van der Waals surface area contributed by atoms with Crippen molar-refractivity contribution in [1.82, 2.24) is 5.01 Å². The Kier molecular flexibility index (Phi) is 8.53. The average molecular weight is 487 g/mol. The smallest absolute Gasteiger partial charge is 0.248 e. The van der Waals surface area contributed by atoms with Gasteiger partial charge in [0.05, 0.1) is 19.6 Å². The van der Waals surface area contributed by atoms with Crippen LogP contribution in [-0.2, 0) is 14.8 Å². The van der Waals surface area contributed by atoms with Crippen molar-refractivity contribution < 1.29 is 22.7 Å². The van der Waals surface area contributed by atoms with Crippen molar-refractivity contribution in [1.29, 1.82) is 0 Å². The minimum Gasteiger partial charge on any atom is -0.493 e. The fourth-order valence-corrected chi connectivity index (χ4v) is 4.12. The van der Waals surface area contributed by atoms with Gasteiger partial charge >= 0.3 is 0 Å². The number of sulfonamides is 1. The summed E-state index contributed by atoms with van der Waals surface area (Å²) in [6, 6.07) is 11.6. The van der Waals surface area contributed by atoms with E-state index in [0.29, 0.717) is 42.4 Å². The number of hydrazone groups is 1. The summed E-state index contributed by atoms with van der Waals surface area (Å²) in [5, 5.41) is 9.28. The van der Waals surface area contributed by atoms with Crippen LogP contribution in [0.2, 0.25) is 0 Å². The van der Waals surface area contributed by atoms with Crippen LogP contribution in [0.5, 0.6) is 11.5 Å². The van der Waals surface area contributed by atoms with Crippen molar-refractivity contribution in [3.05, 3.63) is 60.7 Å². The Bertz CT molecular complexity index is 1130. The molecule has 2 aromatic rings. The third kappa shape index (κ3) is 7.24. The van der Waals surface area contributed by atoms with E-state index in [2.05, 4.69) is 21.7 Å². The number of methoxy groups -OCH3 is 1. The van der Waals surface area contributed by atoms with Gasteiger partial charge in [-0.3, -0.25) is 14.5 Å². The van der Waals surface area contributed by atoms with Crippen LogP contribution in [0.4, 0.5) is 11.4 Å². The maximum Gasteiger partial charge on any atom is 0.248 e. The van der Waals surface area contributed by atoms with Gasteiger partial charge in [0, 0.05) is 17.9 Å². The molecule has 1 atom stereocenters. The molecule has 3 rings (SSSR count). The number of hydrogen-bond acceptors (Lipinski definition) is 7. The van der Waals surface area contributed by atoms with E-state index in [1.165, 1.54) is 0 Å². The number of nitrogens with one attached hydrogen (secondary N) is 2. The molecule has 1 unspecified atom stereocenters. The van der Waals surface area contributed by atoms with Gasteiger partial charge in [-0.15, -0.1) is 0 Å². The first-order chi connectivity index (χ1) is 16.3. The zero-order valence-corrected chi connectivity index (χ0v) is 20.2. The van der Waals surface area contributed by atoms with E-state index in [1.54, 1.807) is 48.7 Å². The van der Waals surface area contributed by atoms with Gasteiger partial charge in [-0.2, -0.15) is 5.10 Å². The van der Waals surface area contributed by atoms with Crippen molar-refractivity contribution in [2.24, 2.45) is 5.10 Å². The van der Waals surface area contributed by atoms with E-state index in [4.69, 9.17) is 9.47 Å². The van der Waals surface area contributed by atoms with Crippen molar-refractivity contribution in [2.75, 3.05) is 36.6 Å². The summed E-state index contributed by atoms with van der Waals surface area (Å²) in [7, 11) is -1.78. The summed E-state index contributed by atoms with van der Waals surface area (Å²) in [5.41, 5.74) is 1.83. The van der Waals surface area contributed by atoms with E-state index < -0.39 is 16.1 Å². The van der Waals surface area contributed by atoms with Crippen LogP contribution < -0.4 is 19.5 Å². The monoisotopic (exact) mass is 486 g/mol. The Hall–Kier alpha value is -3.53. The molecule has 1 fully saturated rings. The number of amides is 1. The van der Waals surface area contributed by atoms with Crippen molar-refractivity contribution >= 4 is 33.5 Å². The Morgan fingerprint density at radius 3 is 2.59 bits per heavy atom. The topological polar surface area (TPSA) is 109 Å². The van der Waals surface area contributed by atoms with E-state index in [9.17, 15) is 13.2 Å². The van der Waals surface area contributed by atoms with Crippen LogP contribution in [0.15, 0.2) is 60.2 Å². The fourth-order valence-electron chi connectivity index (χ4n) is 3.56. The quantitative estimate of drug-likeness (QED) is 0.393. The predicted octanol–water partition coefficient (Wildman–Crippen LogP) is 3.46. The lowest BCUT2D eigenvalue weighted by Gasteiger charge is -2.32. The fraction of sp³-hybridized carbons (Fsp3) is 0.333. The maximum absolute atomic E-state index is 13.0. The molecule has 0 aliphatic carbocycles. The number of rotatable bonds is 10. The first-order valence-electron chi connectivity index (χ1n) is 10.9. The number of carbonyl (C=O) groups is 1. The summed E-state index contributed by atoms with van der Waals surface area (Å²) in [6.07, 6.45) is 7.02. The maximum atomic E-state index is 13.0. The summed E-state index contributed by atoms with van der Waals surface area (Å²) < 4.78 is 36.1. The molecule has 0 aromatic heterocycles. The lowest BCUT2D eigenvalue weighted by Crippen LogP contribution is -2.44. The molecule has 34 heavy (non-hydrogen) atoms. The highest BCUT2D eigenvalue weighted by Gasteiger charge is 2.28. The molecule has 9 nitrogen and oxygen atoms in total. The van der Waals surface area contributed by atoms with Crippen LogP contribution >= 0.6 is 0 Å². The van der Waals surface area contributed by atoms with Gasteiger partial charge in [-0.05, 0) is 67.3 Å². The normalized spacial score (nSPS) is 16.2. The van der Waals surface area contributed by atoms with Crippen molar-refractivity contribution in [3.63, 3.8) is 0 Å². The highest BCUT2D eigenvalue weighted by atomic mass is 32.2. The second kappa shape index (κ2) is 11.6. The molecule has 1 heterocycles. The highest BCUT2D eigenvalue weighted by molar-refractivity contribution is 7.92. The standard InChI is InChI=1S/C24H30N4O5S/c1-4-15-33-23-16-18(8-13-22(23)32-2)17-25-28-14-6-5-7-21(28)24(29)26-19-9-11-20(12-10-19)27-34(3,30)31/h4,8-13,16-17,21,27H,1,5-7,14-15H2,2-3H3,(H,26,29)/b25-17+. The lowest BCUT2D eigenvalue weighted by molar-refractivity contribution is -0.122. The Morgan fingerprint density at radius 1 is 1.18 bits per heavy atom. The second-order valence-corrected chi connectivity index (χ2v) is 9.62. The van der Waals surface area contributed by atoms with Crippen LogP contribution in [-0.4, -0.2) is 58.1 Å². The van der Waals surface area contributed by atoms with E-state index in [1.807, 2.05) is 18.2 Å². The highest BCUT2D eigenvalue weighted by Crippen LogP contribution is 2.28. The minimum atomic E-state index is -3.36. The summed E-state index contributed by atoms with van der Waals surface area (Å²) in [6.45, 7) is 4.69. The van der Waals surface area contributed by atoms with Gasteiger partial charge in [0.25, 0.3) is 0 Å². The summed E-state index contributed by atoms with van der Waals surface area (Å²) in [5.74, 6) is 1.05. The number of carbonyl (C=O) groups excluding carboxylic acids is 1. The van der Waals surface area contributed by atoms with Gasteiger partial charge < -0.3 is 14.8 Å². The van der Waals surface area contributed by atoms with Gasteiger partial charge in [0.1, 0.15) is 12.6 Å². The molecule has 1 amide bonds. The molecular formula is C24H30N4O5S. The van der Waals surface area contributed by atoms with E-state index in [-0.39, 0.29) is 5.91 Å². The molecule has 1 aliphatic heterocycles. The van der Waals surface area contributed by atoms with Gasteiger partial charge in [-0.1, -0.05) is 12.7 Å². The van der Waals surface area contributed by atoms with Crippen LogP contribution in [0.25, 0.3) is 0 Å². The second-order valence-electron chi connectivity index (χ2n) is 7.87. The Morgan fingerprint density at radius 2 is 1.91 bits per heavy atom. The third-order valence-electron chi connectivity index (χ3n) is 5.13. The van der Waals surface area contributed by atoms with Gasteiger partial charge in [0.15, 0.2) is 11.5 Å². The molecular weight excluding hydrogens is 456 g/mol. The van der Waals surface area contributed by atoms with Crippen LogP contribution in [0.1, 0.15) is 24.8 Å². The summed E-state index contributed by atoms with van der Waals surface area (Å²) >= 11 is 0. The van der Waals surface area contributed by atoms with Crippen molar-refractivity contribution in [3.8, 4) is 11.5 Å². The molecule has 2 aromatic carbocycles. The number of benzene rings is 2. The first kappa shape index (κ1) is 25.1. The van der Waals surface area contributed by atoms with Crippen molar-refractivity contribution in [2.45, 2.75) is 25.3 Å². The van der Waals surface area contributed by atoms with Crippen LogP contribution in [0, 0.1) is 0 Å². The van der Waals surface area contributed by atoms with Crippen LogP contribution in [0.3, 0.4) is 0 Å². The molecule has 1 saturated heterocycles. The molecule has 2 N–H and O–H groups in total. The number of anilines is 2. The largest absolute Gasteiger partial charge is 0.493 e. The third-order valence-corrected chi connectivity index (χ3v) is 5.74. The van der Waals surface area contributed by atoms with Gasteiger partial charge in [0.2, 0.25) is 15.9 Å². The molecule has 10 heteroatoms. The molecule has 182 valence electrons. The van der Waals surface area contributed by atoms with E-state index >= 15 is 0 Å². The lowest BCUT2D eigenvalue weighted by atomic mass is 10.0. The zero-order chi connectivity index (χ0) is 24.6. The molecule has 0 bridgehead atoms. The summed E-state index contributed by atoms with van der Waals surface area (Å²) in [4.78, 5) is 13.0. The van der Waals surface area contributed by atoms with Gasteiger partial charge in [-0.25, -0.2) is 8.42 Å². The predicted molar refractivity (Wildman–Crippen MR) is 134 cm³/mol. The average Bonchev–Trinajstić information content (AvgIpc) is 2.82. The molecule has 0 spiro atoms. The molecule has 0 radical (unpaired) electrons. The number of piperidine rings is 1. The first-order valence-corrected chi connectivity index (χ1v) is 12.8. The molecule has 0 saturated carbocycles. The van der Waals surface area contributed by atoms with E-state index in [0.717, 1.165) is 24.7 Å². The Labute approximate surface area is 200 Å². The Balaban J connectivity index is 1.68. The number of nitrogens with zero attached hydrogens (tertiary/aromatic N) is 2. The molecule has 1 aliphatic rings.